The van der Waals surface area contributed by atoms with Crippen molar-refractivity contribution in [3.05, 3.63) is 59.2 Å². The van der Waals surface area contributed by atoms with Crippen LogP contribution in [0.2, 0.25) is 0 Å². The van der Waals surface area contributed by atoms with Gasteiger partial charge in [0.2, 0.25) is 0 Å². The van der Waals surface area contributed by atoms with E-state index < -0.39 is 15.9 Å². The van der Waals surface area contributed by atoms with E-state index in [0.717, 1.165) is 36.1 Å². The van der Waals surface area contributed by atoms with Gasteiger partial charge in [0.05, 0.1) is 12.7 Å². The Hall–Kier alpha value is -2.91. The number of hydrogen-bond donors (Lipinski definition) is 0. The SMILES string of the molecule is COc1ccc(CCN2CCN(C(=O)c3ccc4c(c3)S(=O)(=O)N(C3CC3)C4=O)CC2)cc1. The second-order valence-electron chi connectivity index (χ2n) is 8.78. The van der Waals surface area contributed by atoms with Crippen LogP contribution in [0.15, 0.2) is 47.4 Å². The Labute approximate surface area is 193 Å². The number of rotatable bonds is 6. The Bertz CT molecular complexity index is 1180. The zero-order valence-electron chi connectivity index (χ0n) is 18.6. The molecule has 174 valence electrons. The molecule has 2 aromatic rings. The molecular weight excluding hydrogens is 442 g/mol. The number of sulfonamides is 1. The van der Waals surface area contributed by atoms with Crippen molar-refractivity contribution in [2.24, 2.45) is 0 Å². The van der Waals surface area contributed by atoms with Crippen molar-refractivity contribution in [1.82, 2.24) is 14.1 Å². The number of nitrogens with zero attached hydrogens (tertiary/aromatic N) is 3. The fourth-order valence-electron chi connectivity index (χ4n) is 4.49. The summed E-state index contributed by atoms with van der Waals surface area (Å²) >= 11 is 0. The highest BCUT2D eigenvalue weighted by Crippen LogP contribution is 2.39. The lowest BCUT2D eigenvalue weighted by molar-refractivity contribution is 0.0637. The highest BCUT2D eigenvalue weighted by molar-refractivity contribution is 7.90. The van der Waals surface area contributed by atoms with Gasteiger partial charge in [0, 0.05) is 44.3 Å². The third-order valence-corrected chi connectivity index (χ3v) is 8.49. The monoisotopic (exact) mass is 469 g/mol. The van der Waals surface area contributed by atoms with E-state index in [2.05, 4.69) is 17.0 Å². The normalized spacial score (nSPS) is 20.1. The summed E-state index contributed by atoms with van der Waals surface area (Å²) in [7, 11) is -2.22. The summed E-state index contributed by atoms with van der Waals surface area (Å²) in [5.74, 6) is 0.173. The molecule has 2 heterocycles. The molecule has 1 aliphatic carbocycles. The van der Waals surface area contributed by atoms with Crippen LogP contribution in [0.1, 0.15) is 39.1 Å². The standard InChI is InChI=1S/C24H27N3O5S/c1-32-20-7-2-17(3-8-20)10-11-25-12-14-26(15-13-25)23(28)18-4-9-21-22(16-18)33(30,31)27(24(21)29)19-5-6-19/h2-4,7-9,16,19H,5-6,10-15H2,1H3. The van der Waals surface area contributed by atoms with Crippen molar-refractivity contribution in [2.45, 2.75) is 30.2 Å². The van der Waals surface area contributed by atoms with E-state index in [9.17, 15) is 18.0 Å². The van der Waals surface area contributed by atoms with Crippen molar-refractivity contribution in [1.29, 1.82) is 0 Å². The largest absolute Gasteiger partial charge is 0.497 e. The molecule has 33 heavy (non-hydrogen) atoms. The molecule has 0 unspecified atom stereocenters. The van der Waals surface area contributed by atoms with Gasteiger partial charge in [-0.1, -0.05) is 12.1 Å². The fourth-order valence-corrected chi connectivity index (χ4v) is 6.33. The van der Waals surface area contributed by atoms with Gasteiger partial charge in [-0.25, -0.2) is 12.7 Å². The zero-order valence-corrected chi connectivity index (χ0v) is 19.4. The van der Waals surface area contributed by atoms with E-state index in [4.69, 9.17) is 4.74 Å². The first kappa shape index (κ1) is 21.9. The smallest absolute Gasteiger partial charge is 0.269 e. The summed E-state index contributed by atoms with van der Waals surface area (Å²) in [6.07, 6.45) is 2.33. The first-order valence-corrected chi connectivity index (χ1v) is 12.7. The second-order valence-corrected chi connectivity index (χ2v) is 10.6. The van der Waals surface area contributed by atoms with Crippen molar-refractivity contribution in [2.75, 3.05) is 39.8 Å². The molecule has 0 aromatic heterocycles. The number of carbonyl (C=O) groups excluding carboxylic acids is 2. The second kappa shape index (κ2) is 8.46. The molecular formula is C24H27N3O5S. The van der Waals surface area contributed by atoms with Gasteiger partial charge in [0.1, 0.15) is 10.6 Å². The van der Waals surface area contributed by atoms with E-state index in [-0.39, 0.29) is 22.4 Å². The van der Waals surface area contributed by atoms with Gasteiger partial charge in [-0.2, -0.15) is 0 Å². The molecule has 1 saturated carbocycles. The molecule has 9 heteroatoms. The third kappa shape index (κ3) is 4.11. The number of carbonyl (C=O) groups is 2. The van der Waals surface area contributed by atoms with Gasteiger partial charge in [-0.15, -0.1) is 0 Å². The summed E-state index contributed by atoms with van der Waals surface area (Å²) in [4.78, 5) is 29.7. The molecule has 1 saturated heterocycles. The maximum Gasteiger partial charge on any atom is 0.269 e. The number of ether oxygens (including phenoxy) is 1. The number of fused-ring (bicyclic) bond motifs is 1. The molecule has 2 fully saturated rings. The molecule has 0 radical (unpaired) electrons. The maximum atomic E-state index is 13.1. The fraction of sp³-hybridized carbons (Fsp3) is 0.417. The lowest BCUT2D eigenvalue weighted by Crippen LogP contribution is -2.49. The highest BCUT2D eigenvalue weighted by Gasteiger charge is 2.48. The molecule has 3 aliphatic rings. The van der Waals surface area contributed by atoms with Crippen LogP contribution >= 0.6 is 0 Å². The molecule has 0 N–H and O–H groups in total. The van der Waals surface area contributed by atoms with E-state index in [0.29, 0.717) is 31.5 Å². The van der Waals surface area contributed by atoms with E-state index >= 15 is 0 Å². The van der Waals surface area contributed by atoms with Crippen LogP contribution in [-0.4, -0.2) is 80.2 Å². The molecule has 8 nitrogen and oxygen atoms in total. The van der Waals surface area contributed by atoms with Gasteiger partial charge < -0.3 is 9.64 Å². The summed E-state index contributed by atoms with van der Waals surface area (Å²) < 4.78 is 31.9. The third-order valence-electron chi connectivity index (χ3n) is 6.61. The van der Waals surface area contributed by atoms with Gasteiger partial charge in [-0.3, -0.25) is 14.5 Å². The predicted molar refractivity (Wildman–Crippen MR) is 122 cm³/mol. The van der Waals surface area contributed by atoms with Crippen LogP contribution in [-0.2, 0) is 16.4 Å². The predicted octanol–water partition coefficient (Wildman–Crippen LogP) is 2.00. The number of amides is 2. The minimum atomic E-state index is -3.87. The zero-order chi connectivity index (χ0) is 23.2. The quantitative estimate of drug-likeness (QED) is 0.643. The van der Waals surface area contributed by atoms with Gasteiger partial charge in [0.15, 0.2) is 0 Å². The number of hydrogen-bond acceptors (Lipinski definition) is 6. The Balaban J connectivity index is 1.20. The molecule has 5 rings (SSSR count). The van der Waals surface area contributed by atoms with Gasteiger partial charge in [-0.05, 0) is 55.2 Å². The van der Waals surface area contributed by atoms with E-state index in [1.54, 1.807) is 18.1 Å². The Morgan fingerprint density at radius 1 is 1.03 bits per heavy atom. The van der Waals surface area contributed by atoms with E-state index in [1.807, 2.05) is 12.1 Å². The van der Waals surface area contributed by atoms with Crippen LogP contribution in [0.4, 0.5) is 0 Å². The molecule has 0 atom stereocenters. The molecule has 0 bridgehead atoms. The molecule has 2 aromatic carbocycles. The van der Waals surface area contributed by atoms with Crippen molar-refractivity contribution in [3.63, 3.8) is 0 Å². The molecule has 2 aliphatic heterocycles. The number of benzene rings is 2. The Kier molecular flexibility index (Phi) is 5.62. The summed E-state index contributed by atoms with van der Waals surface area (Å²) in [6.45, 7) is 3.60. The summed E-state index contributed by atoms with van der Waals surface area (Å²) in [5, 5.41) is 0. The lowest BCUT2D eigenvalue weighted by Gasteiger charge is -2.34. The van der Waals surface area contributed by atoms with E-state index in [1.165, 1.54) is 17.7 Å². The maximum absolute atomic E-state index is 13.1. The summed E-state index contributed by atoms with van der Waals surface area (Å²) in [6, 6.07) is 12.2. The van der Waals surface area contributed by atoms with Crippen LogP contribution in [0.5, 0.6) is 5.75 Å². The molecule has 2 amide bonds. The lowest BCUT2D eigenvalue weighted by atomic mass is 10.1. The van der Waals surface area contributed by atoms with Crippen LogP contribution in [0.3, 0.4) is 0 Å². The molecule has 0 spiro atoms. The topological polar surface area (TPSA) is 87.2 Å². The Morgan fingerprint density at radius 3 is 2.36 bits per heavy atom. The average Bonchev–Trinajstić information content (AvgIpc) is 3.64. The van der Waals surface area contributed by atoms with Gasteiger partial charge in [0.25, 0.3) is 21.8 Å². The Morgan fingerprint density at radius 2 is 1.73 bits per heavy atom. The van der Waals surface area contributed by atoms with Crippen LogP contribution < -0.4 is 4.74 Å². The van der Waals surface area contributed by atoms with Crippen LogP contribution in [0, 0.1) is 0 Å². The number of piperazine rings is 1. The van der Waals surface area contributed by atoms with Crippen molar-refractivity contribution in [3.8, 4) is 5.75 Å². The average molecular weight is 470 g/mol. The highest BCUT2D eigenvalue weighted by atomic mass is 32.2. The van der Waals surface area contributed by atoms with Crippen LogP contribution in [0.25, 0.3) is 0 Å². The van der Waals surface area contributed by atoms with Crippen molar-refractivity contribution < 1.29 is 22.7 Å². The first-order valence-electron chi connectivity index (χ1n) is 11.3. The summed E-state index contributed by atoms with van der Waals surface area (Å²) in [5.41, 5.74) is 1.72. The minimum absolute atomic E-state index is 0.0385. The first-order chi connectivity index (χ1) is 15.9. The minimum Gasteiger partial charge on any atom is -0.497 e. The van der Waals surface area contributed by atoms with Gasteiger partial charge >= 0.3 is 0 Å². The van der Waals surface area contributed by atoms with Crippen molar-refractivity contribution >= 4 is 21.8 Å². The number of methoxy groups -OCH3 is 1.